The van der Waals surface area contributed by atoms with E-state index in [0.717, 1.165) is 5.69 Å². The van der Waals surface area contributed by atoms with Gasteiger partial charge in [0.2, 0.25) is 0 Å². The molecule has 2 aromatic carbocycles. The van der Waals surface area contributed by atoms with Crippen LogP contribution < -0.4 is 10.9 Å². The average Bonchev–Trinajstić information content (AvgIpc) is 3.18. The zero-order valence-corrected chi connectivity index (χ0v) is 16.3. The molecule has 9 heteroatoms. The number of nitrogens with one attached hydrogen (secondary N) is 2. The van der Waals surface area contributed by atoms with Gasteiger partial charge in [-0.05, 0) is 36.4 Å². The van der Waals surface area contributed by atoms with Crippen LogP contribution in [0.2, 0.25) is 0 Å². The van der Waals surface area contributed by atoms with E-state index in [1.807, 2.05) is 36.4 Å². The summed E-state index contributed by atoms with van der Waals surface area (Å²) < 4.78 is 1.64. The Labute approximate surface area is 176 Å². The number of carbonyl (C=O) groups excluding carboxylic acids is 1. The lowest BCUT2D eigenvalue weighted by atomic mass is 10.00. The molecule has 1 saturated heterocycles. The fraction of sp³-hybridized carbons (Fsp3) is 0.136. The SMILES string of the molecule is N#Cc1ccc(NC(=O)N2CC(c3nc4c(cnn4-c4ccccc4)c(=O)[nH]3)C2)cc1. The van der Waals surface area contributed by atoms with E-state index in [1.165, 1.54) is 6.20 Å². The standard InChI is InChI=1S/C22H17N7O2/c23-10-14-6-8-16(9-7-14)25-22(31)28-12-15(13-28)19-26-20-18(21(30)27-19)11-24-29(20)17-4-2-1-3-5-17/h1-9,11,15H,12-13H2,(H,25,31)(H,26,27,30). The van der Waals surface area contributed by atoms with Crippen LogP contribution in [0.5, 0.6) is 0 Å². The van der Waals surface area contributed by atoms with Gasteiger partial charge in [-0.25, -0.2) is 14.5 Å². The number of hydrogen-bond donors (Lipinski definition) is 2. The summed E-state index contributed by atoms with van der Waals surface area (Å²) >= 11 is 0. The lowest BCUT2D eigenvalue weighted by Gasteiger charge is -2.38. The quantitative estimate of drug-likeness (QED) is 0.537. The molecular formula is C22H17N7O2. The Bertz CT molecular complexity index is 1360. The van der Waals surface area contributed by atoms with Gasteiger partial charge in [0.15, 0.2) is 5.65 Å². The van der Waals surface area contributed by atoms with E-state index >= 15 is 0 Å². The number of benzene rings is 2. The van der Waals surface area contributed by atoms with E-state index < -0.39 is 0 Å². The van der Waals surface area contributed by atoms with Crippen molar-refractivity contribution in [2.75, 3.05) is 18.4 Å². The van der Waals surface area contributed by atoms with Crippen LogP contribution >= 0.6 is 0 Å². The lowest BCUT2D eigenvalue weighted by Crippen LogP contribution is -2.51. The Morgan fingerprint density at radius 1 is 1.13 bits per heavy atom. The smallest absolute Gasteiger partial charge is 0.321 e. The number of anilines is 1. The third-order valence-corrected chi connectivity index (χ3v) is 5.28. The molecule has 4 aromatic rings. The van der Waals surface area contributed by atoms with Crippen LogP contribution in [0, 0.1) is 11.3 Å². The number of rotatable bonds is 3. The highest BCUT2D eigenvalue weighted by molar-refractivity contribution is 5.90. The van der Waals surface area contributed by atoms with Gasteiger partial charge < -0.3 is 15.2 Å². The maximum absolute atomic E-state index is 12.5. The minimum atomic E-state index is -0.248. The molecule has 3 heterocycles. The average molecular weight is 411 g/mol. The zero-order valence-electron chi connectivity index (χ0n) is 16.3. The predicted molar refractivity (Wildman–Crippen MR) is 114 cm³/mol. The third kappa shape index (κ3) is 3.40. The molecule has 1 fully saturated rings. The van der Waals surface area contributed by atoms with Crippen molar-refractivity contribution in [3.05, 3.63) is 82.5 Å². The van der Waals surface area contributed by atoms with Crippen molar-refractivity contribution in [3.8, 4) is 11.8 Å². The van der Waals surface area contributed by atoms with E-state index in [4.69, 9.17) is 5.26 Å². The molecule has 0 atom stereocenters. The summed E-state index contributed by atoms with van der Waals surface area (Å²) in [6.45, 7) is 0.881. The summed E-state index contributed by atoms with van der Waals surface area (Å²) in [5.41, 5.74) is 2.21. The molecule has 2 amide bonds. The van der Waals surface area contributed by atoms with Gasteiger partial charge in [-0.15, -0.1) is 0 Å². The van der Waals surface area contributed by atoms with E-state index in [1.54, 1.807) is 33.8 Å². The molecule has 0 unspecified atom stereocenters. The molecule has 0 bridgehead atoms. The first-order chi connectivity index (χ1) is 15.1. The molecule has 1 aliphatic rings. The van der Waals surface area contributed by atoms with Crippen LogP contribution in [0.3, 0.4) is 0 Å². The van der Waals surface area contributed by atoms with Gasteiger partial charge in [-0.2, -0.15) is 10.4 Å². The summed E-state index contributed by atoms with van der Waals surface area (Å²) in [4.78, 5) is 34.1. The predicted octanol–water partition coefficient (Wildman–Crippen LogP) is 2.61. The number of hydrogen-bond acceptors (Lipinski definition) is 5. The highest BCUT2D eigenvalue weighted by Crippen LogP contribution is 2.26. The van der Waals surface area contributed by atoms with Crippen LogP contribution in [0.15, 0.2) is 65.6 Å². The van der Waals surface area contributed by atoms with Gasteiger partial charge in [-0.3, -0.25) is 4.79 Å². The number of aromatic nitrogens is 4. The fourth-order valence-corrected chi connectivity index (χ4v) is 3.53. The van der Waals surface area contributed by atoms with E-state index in [2.05, 4.69) is 20.4 Å². The Morgan fingerprint density at radius 3 is 2.58 bits per heavy atom. The molecule has 9 nitrogen and oxygen atoms in total. The summed E-state index contributed by atoms with van der Waals surface area (Å²) in [7, 11) is 0. The number of para-hydroxylation sites is 1. The second kappa shape index (κ2) is 7.42. The largest absolute Gasteiger partial charge is 0.323 e. The Kier molecular flexibility index (Phi) is 4.45. The van der Waals surface area contributed by atoms with Crippen molar-refractivity contribution in [3.63, 3.8) is 0 Å². The number of amides is 2. The number of urea groups is 1. The van der Waals surface area contributed by atoms with Crippen LogP contribution in [-0.4, -0.2) is 43.8 Å². The van der Waals surface area contributed by atoms with Crippen LogP contribution in [0.1, 0.15) is 17.3 Å². The van der Waals surface area contributed by atoms with Gasteiger partial charge >= 0.3 is 6.03 Å². The van der Waals surface area contributed by atoms with Gasteiger partial charge in [-0.1, -0.05) is 18.2 Å². The lowest BCUT2D eigenvalue weighted by molar-refractivity contribution is 0.161. The fourth-order valence-electron chi connectivity index (χ4n) is 3.53. The molecule has 152 valence electrons. The molecule has 2 aromatic heterocycles. The Balaban J connectivity index is 1.32. The number of aromatic amines is 1. The first-order valence-electron chi connectivity index (χ1n) is 9.72. The summed E-state index contributed by atoms with van der Waals surface area (Å²) in [5.74, 6) is 0.473. The highest BCUT2D eigenvalue weighted by Gasteiger charge is 2.34. The van der Waals surface area contributed by atoms with Crippen molar-refractivity contribution in [2.24, 2.45) is 0 Å². The molecule has 31 heavy (non-hydrogen) atoms. The number of nitriles is 1. The highest BCUT2D eigenvalue weighted by atomic mass is 16.2. The monoisotopic (exact) mass is 411 g/mol. The van der Waals surface area contributed by atoms with Gasteiger partial charge in [0.1, 0.15) is 11.2 Å². The maximum atomic E-state index is 12.5. The minimum Gasteiger partial charge on any atom is -0.323 e. The minimum absolute atomic E-state index is 0.0667. The molecule has 0 aliphatic carbocycles. The van der Waals surface area contributed by atoms with Crippen LogP contribution in [-0.2, 0) is 0 Å². The number of likely N-dealkylation sites (tertiary alicyclic amines) is 1. The second-order valence-electron chi connectivity index (χ2n) is 7.30. The number of nitrogens with zero attached hydrogens (tertiary/aromatic N) is 5. The summed E-state index contributed by atoms with van der Waals surface area (Å²) in [5, 5.41) is 16.4. The Hall–Kier alpha value is -4.45. The molecule has 0 saturated carbocycles. The normalized spacial score (nSPS) is 13.6. The van der Waals surface area contributed by atoms with Crippen LogP contribution in [0.4, 0.5) is 10.5 Å². The molecule has 1 aliphatic heterocycles. The van der Waals surface area contributed by atoms with Crippen molar-refractivity contribution >= 4 is 22.8 Å². The second-order valence-corrected chi connectivity index (χ2v) is 7.30. The number of carbonyl (C=O) groups is 1. The van der Waals surface area contributed by atoms with Crippen molar-refractivity contribution in [1.82, 2.24) is 24.6 Å². The van der Waals surface area contributed by atoms with Crippen LogP contribution in [0.25, 0.3) is 16.7 Å². The zero-order chi connectivity index (χ0) is 21.4. The molecular weight excluding hydrogens is 394 g/mol. The Morgan fingerprint density at radius 2 is 1.87 bits per heavy atom. The molecule has 0 spiro atoms. The van der Waals surface area contributed by atoms with E-state index in [-0.39, 0.29) is 17.5 Å². The first-order valence-corrected chi connectivity index (χ1v) is 9.72. The number of H-pyrrole nitrogens is 1. The van der Waals surface area contributed by atoms with E-state index in [0.29, 0.717) is 41.2 Å². The molecule has 0 radical (unpaired) electrons. The molecule has 2 N–H and O–H groups in total. The van der Waals surface area contributed by atoms with Crippen molar-refractivity contribution < 1.29 is 4.79 Å². The first kappa shape index (κ1) is 18.6. The van der Waals surface area contributed by atoms with Crippen molar-refractivity contribution in [1.29, 1.82) is 5.26 Å². The summed E-state index contributed by atoms with van der Waals surface area (Å²) in [6.07, 6.45) is 1.51. The van der Waals surface area contributed by atoms with Gasteiger partial charge in [0.25, 0.3) is 5.56 Å². The topological polar surface area (TPSA) is 120 Å². The summed E-state index contributed by atoms with van der Waals surface area (Å²) in [6, 6.07) is 18.0. The third-order valence-electron chi connectivity index (χ3n) is 5.28. The van der Waals surface area contributed by atoms with Gasteiger partial charge in [0.05, 0.1) is 29.4 Å². The van der Waals surface area contributed by atoms with Crippen molar-refractivity contribution in [2.45, 2.75) is 5.92 Å². The maximum Gasteiger partial charge on any atom is 0.321 e. The van der Waals surface area contributed by atoms with Gasteiger partial charge in [0, 0.05) is 18.8 Å². The van der Waals surface area contributed by atoms with E-state index in [9.17, 15) is 9.59 Å². The molecule has 5 rings (SSSR count). The number of fused-ring (bicyclic) bond motifs is 1.